The Morgan fingerprint density at radius 1 is 1.04 bits per heavy atom. The zero-order valence-corrected chi connectivity index (χ0v) is 14.1. The summed E-state index contributed by atoms with van der Waals surface area (Å²) in [4.78, 5) is 26.0. The third-order valence-electron chi connectivity index (χ3n) is 3.97. The molecule has 1 atom stereocenters. The average molecular weight is 377 g/mol. The van der Waals surface area contributed by atoms with E-state index in [1.54, 1.807) is 24.3 Å². The molecule has 1 aliphatic carbocycles. The van der Waals surface area contributed by atoms with Crippen molar-refractivity contribution in [3.8, 4) is 5.75 Å². The highest BCUT2D eigenvalue weighted by Gasteiger charge is 2.34. The number of carbonyl (C=O) groups is 2. The summed E-state index contributed by atoms with van der Waals surface area (Å²) >= 11 is 0. The average Bonchev–Trinajstić information content (AvgIpc) is 3.06. The Balaban J connectivity index is 1.90. The number of imide groups is 1. The SMILES string of the molecule is COC(=O)N(C(=O)C1C=Cc2ccccc21)c1ccc(OC(F)(F)F)cc1. The molecule has 0 aromatic heterocycles. The normalized spacial score (nSPS) is 15.2. The van der Waals surface area contributed by atoms with E-state index in [1.807, 2.05) is 12.1 Å². The fourth-order valence-electron chi connectivity index (χ4n) is 2.81. The topological polar surface area (TPSA) is 55.8 Å². The van der Waals surface area contributed by atoms with Gasteiger partial charge in [0.2, 0.25) is 5.91 Å². The number of benzene rings is 2. The second-order valence-electron chi connectivity index (χ2n) is 5.65. The minimum absolute atomic E-state index is 0.0687. The lowest BCUT2D eigenvalue weighted by atomic mass is 9.99. The molecule has 2 aromatic carbocycles. The number of hydrogen-bond donors (Lipinski definition) is 0. The molecule has 0 spiro atoms. The molecule has 8 heteroatoms. The van der Waals surface area contributed by atoms with E-state index in [1.165, 1.54) is 12.1 Å². The molecule has 0 bridgehead atoms. The van der Waals surface area contributed by atoms with Crippen LogP contribution in [-0.4, -0.2) is 25.5 Å². The van der Waals surface area contributed by atoms with E-state index in [0.717, 1.165) is 35.3 Å². The van der Waals surface area contributed by atoms with E-state index in [9.17, 15) is 22.8 Å². The minimum Gasteiger partial charge on any atom is -0.452 e. The molecular formula is C19H14F3NO4. The molecular weight excluding hydrogens is 363 g/mol. The number of ether oxygens (including phenoxy) is 2. The van der Waals surface area contributed by atoms with Gasteiger partial charge in [-0.25, -0.2) is 9.69 Å². The zero-order chi connectivity index (χ0) is 19.6. The van der Waals surface area contributed by atoms with E-state index in [0.29, 0.717) is 0 Å². The number of hydrogen-bond acceptors (Lipinski definition) is 4. The monoisotopic (exact) mass is 377 g/mol. The van der Waals surface area contributed by atoms with Gasteiger partial charge in [-0.1, -0.05) is 36.4 Å². The molecule has 0 fully saturated rings. The number of methoxy groups -OCH3 is 1. The summed E-state index contributed by atoms with van der Waals surface area (Å²) in [6.07, 6.45) is -2.35. The molecule has 0 saturated carbocycles. The number of halogens is 3. The van der Waals surface area contributed by atoms with Gasteiger partial charge in [0.1, 0.15) is 5.75 Å². The van der Waals surface area contributed by atoms with Crippen molar-refractivity contribution in [3.05, 3.63) is 65.7 Å². The van der Waals surface area contributed by atoms with Crippen LogP contribution in [0.3, 0.4) is 0 Å². The van der Waals surface area contributed by atoms with Crippen LogP contribution < -0.4 is 9.64 Å². The molecule has 0 radical (unpaired) electrons. The van der Waals surface area contributed by atoms with Gasteiger partial charge in [-0.05, 0) is 35.4 Å². The van der Waals surface area contributed by atoms with Gasteiger partial charge in [-0.3, -0.25) is 4.79 Å². The Hall–Kier alpha value is -3.29. The number of carbonyl (C=O) groups excluding carboxylic acids is 2. The van der Waals surface area contributed by atoms with Crippen molar-refractivity contribution in [2.45, 2.75) is 12.3 Å². The smallest absolute Gasteiger partial charge is 0.452 e. The molecule has 0 saturated heterocycles. The van der Waals surface area contributed by atoms with Crippen molar-refractivity contribution in [1.82, 2.24) is 0 Å². The fraction of sp³-hybridized carbons (Fsp3) is 0.158. The van der Waals surface area contributed by atoms with Crippen LogP contribution in [0.15, 0.2) is 54.6 Å². The number of alkyl halides is 3. The van der Waals surface area contributed by atoms with Gasteiger partial charge in [-0.15, -0.1) is 13.2 Å². The van der Waals surface area contributed by atoms with Gasteiger partial charge in [-0.2, -0.15) is 0 Å². The van der Waals surface area contributed by atoms with Crippen LogP contribution in [-0.2, 0) is 9.53 Å². The number of amides is 2. The van der Waals surface area contributed by atoms with Crippen LogP contribution in [0.5, 0.6) is 5.75 Å². The number of nitrogens with zero attached hydrogens (tertiary/aromatic N) is 1. The highest BCUT2D eigenvalue weighted by molar-refractivity contribution is 6.15. The Labute approximate surface area is 152 Å². The zero-order valence-electron chi connectivity index (χ0n) is 14.1. The molecule has 5 nitrogen and oxygen atoms in total. The van der Waals surface area contributed by atoms with Crippen molar-refractivity contribution in [2.24, 2.45) is 0 Å². The fourth-order valence-corrected chi connectivity index (χ4v) is 2.81. The molecule has 0 N–H and O–H groups in total. The van der Waals surface area contributed by atoms with Crippen molar-refractivity contribution in [1.29, 1.82) is 0 Å². The lowest BCUT2D eigenvalue weighted by Gasteiger charge is -2.23. The maximum absolute atomic E-state index is 13.0. The van der Waals surface area contributed by atoms with Crippen LogP contribution in [0, 0.1) is 0 Å². The number of anilines is 1. The van der Waals surface area contributed by atoms with E-state index >= 15 is 0 Å². The molecule has 3 rings (SSSR count). The van der Waals surface area contributed by atoms with Crippen LogP contribution in [0.1, 0.15) is 17.0 Å². The Morgan fingerprint density at radius 3 is 2.33 bits per heavy atom. The summed E-state index contributed by atoms with van der Waals surface area (Å²) in [5.74, 6) is -1.74. The first-order valence-electron chi connectivity index (χ1n) is 7.85. The van der Waals surface area contributed by atoms with Gasteiger partial charge < -0.3 is 9.47 Å². The summed E-state index contributed by atoms with van der Waals surface area (Å²) in [5.41, 5.74) is 1.65. The van der Waals surface area contributed by atoms with E-state index in [2.05, 4.69) is 9.47 Å². The summed E-state index contributed by atoms with van der Waals surface area (Å²) < 4.78 is 45.3. The third kappa shape index (κ3) is 3.94. The van der Waals surface area contributed by atoms with Crippen LogP contribution in [0.2, 0.25) is 0 Å². The van der Waals surface area contributed by atoms with Crippen LogP contribution in [0.25, 0.3) is 6.08 Å². The predicted octanol–water partition coefficient (Wildman–Crippen LogP) is 4.50. The summed E-state index contributed by atoms with van der Waals surface area (Å²) in [6, 6.07) is 11.6. The maximum Gasteiger partial charge on any atom is 0.573 e. The van der Waals surface area contributed by atoms with Crippen LogP contribution in [0.4, 0.5) is 23.7 Å². The summed E-state index contributed by atoms with van der Waals surface area (Å²) in [6.45, 7) is 0. The lowest BCUT2D eigenvalue weighted by molar-refractivity contribution is -0.274. The van der Waals surface area contributed by atoms with Gasteiger partial charge in [0.15, 0.2) is 0 Å². The third-order valence-corrected chi connectivity index (χ3v) is 3.97. The second-order valence-corrected chi connectivity index (χ2v) is 5.65. The van der Waals surface area contributed by atoms with Gasteiger partial charge >= 0.3 is 12.5 Å². The van der Waals surface area contributed by atoms with E-state index in [4.69, 9.17) is 0 Å². The lowest BCUT2D eigenvalue weighted by Crippen LogP contribution is -2.39. The molecule has 0 aliphatic heterocycles. The van der Waals surface area contributed by atoms with Crippen molar-refractivity contribution in [2.75, 3.05) is 12.0 Å². The summed E-state index contributed by atoms with van der Waals surface area (Å²) in [5, 5.41) is 0. The molecule has 0 heterocycles. The van der Waals surface area contributed by atoms with Crippen molar-refractivity contribution < 1.29 is 32.2 Å². The largest absolute Gasteiger partial charge is 0.573 e. The Kier molecular flexibility index (Phi) is 4.89. The molecule has 140 valence electrons. The minimum atomic E-state index is -4.84. The highest BCUT2D eigenvalue weighted by atomic mass is 19.4. The molecule has 2 aromatic rings. The Bertz CT molecular complexity index is 891. The molecule has 1 unspecified atom stereocenters. The molecule has 2 amide bonds. The van der Waals surface area contributed by atoms with Gasteiger partial charge in [0, 0.05) is 0 Å². The molecule has 1 aliphatic rings. The number of fused-ring (bicyclic) bond motifs is 1. The van der Waals surface area contributed by atoms with Crippen molar-refractivity contribution >= 4 is 23.8 Å². The first kappa shape index (κ1) is 18.5. The first-order valence-corrected chi connectivity index (χ1v) is 7.85. The van der Waals surface area contributed by atoms with Gasteiger partial charge in [0.25, 0.3) is 0 Å². The van der Waals surface area contributed by atoms with Crippen LogP contribution >= 0.6 is 0 Å². The van der Waals surface area contributed by atoms with E-state index in [-0.39, 0.29) is 5.69 Å². The second kappa shape index (κ2) is 7.14. The number of rotatable bonds is 3. The first-order chi connectivity index (χ1) is 12.8. The standard InChI is InChI=1S/C19H14F3NO4/c1-26-18(25)23(13-7-9-14(10-8-13)27-19(20,21)22)17(24)16-11-6-12-4-2-3-5-15(12)16/h2-11,16H,1H3. The predicted molar refractivity (Wildman–Crippen MR) is 91.2 cm³/mol. The van der Waals surface area contributed by atoms with Gasteiger partial charge in [0.05, 0.1) is 18.7 Å². The quantitative estimate of drug-likeness (QED) is 0.791. The van der Waals surface area contributed by atoms with E-state index < -0.39 is 30.0 Å². The maximum atomic E-state index is 13.0. The molecule has 27 heavy (non-hydrogen) atoms. The van der Waals surface area contributed by atoms with Crippen molar-refractivity contribution in [3.63, 3.8) is 0 Å². The summed E-state index contributed by atoms with van der Waals surface area (Å²) in [7, 11) is 1.11. The highest BCUT2D eigenvalue weighted by Crippen LogP contribution is 2.33. The Morgan fingerprint density at radius 2 is 1.70 bits per heavy atom.